The predicted octanol–water partition coefficient (Wildman–Crippen LogP) is 3.91. The van der Waals surface area contributed by atoms with Crippen molar-refractivity contribution in [2.24, 2.45) is 0 Å². The van der Waals surface area contributed by atoms with Crippen molar-refractivity contribution in [2.45, 2.75) is 0 Å². The number of amides is 1. The lowest BCUT2D eigenvalue weighted by molar-refractivity contribution is 0.102. The van der Waals surface area contributed by atoms with E-state index in [4.69, 9.17) is 11.6 Å². The van der Waals surface area contributed by atoms with Crippen molar-refractivity contribution < 1.29 is 4.79 Å². The zero-order valence-electron chi connectivity index (χ0n) is 8.82. The summed E-state index contributed by atoms with van der Waals surface area (Å²) in [7, 11) is 0. The van der Waals surface area contributed by atoms with Crippen molar-refractivity contribution in [1.29, 1.82) is 0 Å². The molecule has 0 bridgehead atoms. The first kappa shape index (κ1) is 13.5. The van der Waals surface area contributed by atoms with Crippen LogP contribution in [0.25, 0.3) is 0 Å². The molecule has 92 valence electrons. The number of benzene rings is 1. The summed E-state index contributed by atoms with van der Waals surface area (Å²) in [6.45, 7) is 0. The van der Waals surface area contributed by atoms with Gasteiger partial charge in [0.15, 0.2) is 0 Å². The molecule has 0 unspecified atom stereocenters. The van der Waals surface area contributed by atoms with Crippen molar-refractivity contribution in [1.82, 2.24) is 9.97 Å². The van der Waals surface area contributed by atoms with E-state index in [0.29, 0.717) is 5.69 Å². The minimum Gasteiger partial charge on any atom is -0.320 e. The van der Waals surface area contributed by atoms with Gasteiger partial charge in [-0.05, 0) is 34.1 Å². The number of aromatic nitrogens is 2. The van der Waals surface area contributed by atoms with Crippen molar-refractivity contribution in [3.05, 3.63) is 50.4 Å². The molecule has 0 aliphatic carbocycles. The van der Waals surface area contributed by atoms with E-state index in [1.54, 1.807) is 6.07 Å². The smallest absolute Gasteiger partial charge is 0.275 e. The first-order chi connectivity index (χ1) is 8.56. The third-order valence-corrected chi connectivity index (χ3v) is 3.38. The van der Waals surface area contributed by atoms with E-state index >= 15 is 0 Å². The van der Waals surface area contributed by atoms with Gasteiger partial charge in [-0.15, -0.1) is 0 Å². The SMILES string of the molecule is O=C(Nc1cc(Br)ccc1Br)c1cncc(Cl)n1. The van der Waals surface area contributed by atoms with Crippen LogP contribution in [0.5, 0.6) is 0 Å². The lowest BCUT2D eigenvalue weighted by Gasteiger charge is -2.07. The van der Waals surface area contributed by atoms with Crippen molar-refractivity contribution in [3.63, 3.8) is 0 Å². The number of nitrogens with zero attached hydrogens (tertiary/aromatic N) is 2. The Morgan fingerprint density at radius 3 is 2.78 bits per heavy atom. The maximum absolute atomic E-state index is 11.9. The fraction of sp³-hybridized carbons (Fsp3) is 0. The Kier molecular flexibility index (Phi) is 4.31. The van der Waals surface area contributed by atoms with Crippen LogP contribution >= 0.6 is 43.5 Å². The zero-order chi connectivity index (χ0) is 13.1. The van der Waals surface area contributed by atoms with Gasteiger partial charge in [0.05, 0.1) is 18.1 Å². The third kappa shape index (κ3) is 3.28. The number of nitrogens with one attached hydrogen (secondary N) is 1. The van der Waals surface area contributed by atoms with Gasteiger partial charge >= 0.3 is 0 Å². The molecule has 0 aliphatic rings. The molecular weight excluding hydrogens is 385 g/mol. The summed E-state index contributed by atoms with van der Waals surface area (Å²) < 4.78 is 1.63. The lowest BCUT2D eigenvalue weighted by atomic mass is 10.3. The lowest BCUT2D eigenvalue weighted by Crippen LogP contribution is -2.14. The van der Waals surface area contributed by atoms with Crippen LogP contribution in [-0.2, 0) is 0 Å². The maximum Gasteiger partial charge on any atom is 0.275 e. The van der Waals surface area contributed by atoms with Gasteiger partial charge in [-0.1, -0.05) is 27.5 Å². The van der Waals surface area contributed by atoms with Gasteiger partial charge in [-0.2, -0.15) is 0 Å². The molecule has 1 amide bonds. The molecule has 7 heteroatoms. The van der Waals surface area contributed by atoms with E-state index in [9.17, 15) is 4.79 Å². The molecule has 0 atom stereocenters. The van der Waals surface area contributed by atoms with E-state index in [0.717, 1.165) is 8.95 Å². The summed E-state index contributed by atoms with van der Waals surface area (Å²) in [6.07, 6.45) is 2.72. The number of hydrogen-bond donors (Lipinski definition) is 1. The van der Waals surface area contributed by atoms with Gasteiger partial charge in [0.1, 0.15) is 10.8 Å². The molecule has 1 N–H and O–H groups in total. The monoisotopic (exact) mass is 389 g/mol. The number of rotatable bonds is 2. The second-order valence-corrected chi connectivity index (χ2v) is 5.46. The van der Waals surface area contributed by atoms with Crippen LogP contribution in [0.15, 0.2) is 39.5 Å². The second kappa shape index (κ2) is 5.77. The van der Waals surface area contributed by atoms with E-state index in [1.165, 1.54) is 12.4 Å². The summed E-state index contributed by atoms with van der Waals surface area (Å²) in [5, 5.41) is 2.89. The van der Waals surface area contributed by atoms with Gasteiger partial charge in [-0.3, -0.25) is 9.78 Å². The van der Waals surface area contributed by atoms with Crippen LogP contribution in [-0.4, -0.2) is 15.9 Å². The third-order valence-electron chi connectivity index (χ3n) is 2.01. The fourth-order valence-corrected chi connectivity index (χ4v) is 2.09. The molecule has 0 aliphatic heterocycles. The first-order valence-electron chi connectivity index (χ1n) is 4.80. The van der Waals surface area contributed by atoms with E-state index in [1.807, 2.05) is 12.1 Å². The fourth-order valence-electron chi connectivity index (χ4n) is 1.23. The minimum atomic E-state index is -0.371. The summed E-state index contributed by atoms with van der Waals surface area (Å²) in [4.78, 5) is 19.6. The minimum absolute atomic E-state index is 0.161. The Labute approximate surface area is 125 Å². The highest BCUT2D eigenvalue weighted by Crippen LogP contribution is 2.26. The molecular formula is C11H6Br2ClN3O. The average molecular weight is 391 g/mol. The van der Waals surface area contributed by atoms with Crippen LogP contribution in [0.1, 0.15) is 10.5 Å². The normalized spacial score (nSPS) is 10.2. The Morgan fingerprint density at radius 2 is 2.06 bits per heavy atom. The van der Waals surface area contributed by atoms with Gasteiger partial charge in [0.25, 0.3) is 5.91 Å². The Bertz CT molecular complexity index is 607. The van der Waals surface area contributed by atoms with Crippen LogP contribution in [0.2, 0.25) is 5.15 Å². The molecule has 0 saturated carbocycles. The molecule has 0 saturated heterocycles. The number of carbonyl (C=O) groups excluding carboxylic acids is 1. The molecule has 1 aromatic carbocycles. The van der Waals surface area contributed by atoms with Crippen LogP contribution < -0.4 is 5.32 Å². The molecule has 1 heterocycles. The topological polar surface area (TPSA) is 54.9 Å². The summed E-state index contributed by atoms with van der Waals surface area (Å²) in [5.74, 6) is -0.371. The largest absolute Gasteiger partial charge is 0.320 e. The van der Waals surface area contributed by atoms with E-state index in [2.05, 4.69) is 47.1 Å². The Balaban J connectivity index is 2.24. The van der Waals surface area contributed by atoms with Crippen LogP contribution in [0.4, 0.5) is 5.69 Å². The van der Waals surface area contributed by atoms with Crippen LogP contribution in [0, 0.1) is 0 Å². The Hall–Kier alpha value is -0.980. The van der Waals surface area contributed by atoms with E-state index < -0.39 is 0 Å². The molecule has 1 aromatic heterocycles. The highest BCUT2D eigenvalue weighted by molar-refractivity contribution is 9.11. The highest BCUT2D eigenvalue weighted by atomic mass is 79.9. The van der Waals surface area contributed by atoms with Crippen molar-refractivity contribution >= 4 is 55.1 Å². The molecule has 2 rings (SSSR count). The summed E-state index contributed by atoms with van der Waals surface area (Å²) in [5.41, 5.74) is 0.797. The second-order valence-electron chi connectivity index (χ2n) is 3.31. The highest BCUT2D eigenvalue weighted by Gasteiger charge is 2.10. The van der Waals surface area contributed by atoms with Gasteiger partial charge in [-0.25, -0.2) is 4.98 Å². The number of carbonyl (C=O) groups is 1. The van der Waals surface area contributed by atoms with Crippen LogP contribution in [0.3, 0.4) is 0 Å². The first-order valence-corrected chi connectivity index (χ1v) is 6.76. The molecule has 4 nitrogen and oxygen atoms in total. The molecule has 0 radical (unpaired) electrons. The molecule has 18 heavy (non-hydrogen) atoms. The predicted molar refractivity (Wildman–Crippen MR) is 76.8 cm³/mol. The zero-order valence-corrected chi connectivity index (χ0v) is 12.8. The van der Waals surface area contributed by atoms with Gasteiger partial charge in [0.2, 0.25) is 0 Å². The van der Waals surface area contributed by atoms with E-state index in [-0.39, 0.29) is 16.8 Å². The van der Waals surface area contributed by atoms with Gasteiger partial charge < -0.3 is 5.32 Å². The van der Waals surface area contributed by atoms with Gasteiger partial charge in [0, 0.05) is 8.95 Å². The average Bonchev–Trinajstić information content (AvgIpc) is 2.34. The maximum atomic E-state index is 11.9. The standard InChI is InChI=1S/C11H6Br2ClN3O/c12-6-1-2-7(13)8(3-6)17-11(18)9-4-15-5-10(14)16-9/h1-5H,(H,17,18). The quantitative estimate of drug-likeness (QED) is 0.845. The number of anilines is 1. The van der Waals surface area contributed by atoms with Crippen molar-refractivity contribution in [2.75, 3.05) is 5.32 Å². The summed E-state index contributed by atoms with van der Waals surface area (Å²) in [6, 6.07) is 5.46. The Morgan fingerprint density at radius 1 is 1.28 bits per heavy atom. The summed E-state index contributed by atoms with van der Waals surface area (Å²) >= 11 is 12.4. The molecule has 2 aromatic rings. The molecule has 0 spiro atoms. The molecule has 0 fully saturated rings. The van der Waals surface area contributed by atoms with Crippen molar-refractivity contribution in [3.8, 4) is 0 Å². The number of halogens is 3. The number of hydrogen-bond acceptors (Lipinski definition) is 3.